The third-order valence-electron chi connectivity index (χ3n) is 4.30. The highest BCUT2D eigenvalue weighted by molar-refractivity contribution is 6.05. The van der Waals surface area contributed by atoms with Crippen LogP contribution in [0.3, 0.4) is 0 Å². The van der Waals surface area contributed by atoms with Crippen LogP contribution in [0.15, 0.2) is 12.2 Å². The number of allylic oxidation sites excluding steroid dienone is 2. The molecule has 0 radical (unpaired) electrons. The SMILES string of the molecule is CCOC(=O)C1(C(=O)OCC)[C@@H]2C=C[C@H](C2)[C@@H]1C(=O)OC. The average molecular weight is 296 g/mol. The summed E-state index contributed by atoms with van der Waals surface area (Å²) in [5.74, 6) is -3.43. The van der Waals surface area contributed by atoms with E-state index in [1.54, 1.807) is 19.9 Å². The highest BCUT2D eigenvalue weighted by Gasteiger charge is 2.69. The lowest BCUT2D eigenvalue weighted by atomic mass is 9.68. The van der Waals surface area contributed by atoms with E-state index in [-0.39, 0.29) is 25.0 Å². The minimum atomic E-state index is -1.61. The van der Waals surface area contributed by atoms with Gasteiger partial charge < -0.3 is 14.2 Å². The number of esters is 3. The highest BCUT2D eigenvalue weighted by atomic mass is 16.6. The van der Waals surface area contributed by atoms with Gasteiger partial charge in [0.1, 0.15) is 0 Å². The van der Waals surface area contributed by atoms with Crippen LogP contribution in [-0.4, -0.2) is 38.2 Å². The molecule has 2 rings (SSSR count). The Morgan fingerprint density at radius 1 is 1.10 bits per heavy atom. The van der Waals surface area contributed by atoms with Crippen molar-refractivity contribution in [1.82, 2.24) is 0 Å². The molecule has 2 aliphatic carbocycles. The first kappa shape index (κ1) is 15.5. The maximum absolute atomic E-state index is 12.5. The molecule has 21 heavy (non-hydrogen) atoms. The fourth-order valence-corrected chi connectivity index (χ4v) is 3.51. The largest absolute Gasteiger partial charge is 0.469 e. The van der Waals surface area contributed by atoms with Crippen LogP contribution in [0, 0.1) is 23.2 Å². The predicted molar refractivity (Wildman–Crippen MR) is 71.9 cm³/mol. The van der Waals surface area contributed by atoms with Crippen LogP contribution in [0.5, 0.6) is 0 Å². The number of carbonyl (C=O) groups excluding carboxylic acids is 3. The molecule has 0 aromatic rings. The number of carbonyl (C=O) groups is 3. The molecule has 2 bridgehead atoms. The zero-order valence-corrected chi connectivity index (χ0v) is 12.5. The summed E-state index contributed by atoms with van der Waals surface area (Å²) in [4.78, 5) is 37.2. The minimum absolute atomic E-state index is 0.134. The molecular weight excluding hydrogens is 276 g/mol. The molecule has 6 heteroatoms. The molecule has 0 amide bonds. The standard InChI is InChI=1S/C15H20O6/c1-4-20-13(17)15(14(18)21-5-2)10-7-6-9(8-10)11(15)12(16)19-3/h6-7,9-11H,4-5,8H2,1-3H3/t9-,10-,11-/m1/s1. The number of rotatable bonds is 5. The molecule has 0 saturated heterocycles. The van der Waals surface area contributed by atoms with Gasteiger partial charge in [-0.2, -0.15) is 0 Å². The molecule has 0 spiro atoms. The molecule has 0 aromatic carbocycles. The van der Waals surface area contributed by atoms with E-state index in [1.165, 1.54) is 7.11 Å². The van der Waals surface area contributed by atoms with Crippen molar-refractivity contribution in [1.29, 1.82) is 0 Å². The van der Waals surface area contributed by atoms with E-state index in [0.717, 1.165) is 0 Å². The van der Waals surface area contributed by atoms with Gasteiger partial charge in [0, 0.05) is 5.92 Å². The van der Waals surface area contributed by atoms with Crippen molar-refractivity contribution in [3.63, 3.8) is 0 Å². The summed E-state index contributed by atoms with van der Waals surface area (Å²) in [5, 5.41) is 0. The molecule has 0 aromatic heterocycles. The van der Waals surface area contributed by atoms with E-state index in [2.05, 4.69) is 0 Å². The van der Waals surface area contributed by atoms with Gasteiger partial charge in [-0.15, -0.1) is 0 Å². The summed E-state index contributed by atoms with van der Waals surface area (Å²) in [6.07, 6.45) is 4.22. The van der Waals surface area contributed by atoms with Crippen molar-refractivity contribution in [2.75, 3.05) is 20.3 Å². The van der Waals surface area contributed by atoms with Crippen molar-refractivity contribution in [3.05, 3.63) is 12.2 Å². The second kappa shape index (κ2) is 5.87. The number of ether oxygens (including phenoxy) is 3. The molecule has 0 N–H and O–H groups in total. The Morgan fingerprint density at radius 3 is 2.14 bits per heavy atom. The Bertz CT molecular complexity index is 463. The van der Waals surface area contributed by atoms with Gasteiger partial charge in [0.25, 0.3) is 0 Å². The van der Waals surface area contributed by atoms with E-state index in [9.17, 15) is 14.4 Å². The summed E-state index contributed by atoms with van der Waals surface area (Å²) < 4.78 is 15.0. The van der Waals surface area contributed by atoms with Crippen LogP contribution in [0.2, 0.25) is 0 Å². The van der Waals surface area contributed by atoms with Gasteiger partial charge in [-0.05, 0) is 26.2 Å². The molecule has 2 aliphatic rings. The van der Waals surface area contributed by atoms with Crippen LogP contribution in [0.4, 0.5) is 0 Å². The third-order valence-corrected chi connectivity index (χ3v) is 4.30. The quantitative estimate of drug-likeness (QED) is 0.327. The molecule has 6 nitrogen and oxygen atoms in total. The Hall–Kier alpha value is -1.85. The zero-order chi connectivity index (χ0) is 15.6. The van der Waals surface area contributed by atoms with E-state index < -0.39 is 29.2 Å². The van der Waals surface area contributed by atoms with Gasteiger partial charge in [-0.25, -0.2) is 0 Å². The summed E-state index contributed by atoms with van der Waals surface area (Å²) in [6.45, 7) is 3.59. The van der Waals surface area contributed by atoms with E-state index in [1.807, 2.05) is 6.08 Å². The first-order valence-corrected chi connectivity index (χ1v) is 7.14. The molecule has 1 fully saturated rings. The third kappa shape index (κ3) is 2.13. The van der Waals surface area contributed by atoms with Gasteiger partial charge in [-0.1, -0.05) is 12.2 Å². The number of hydrogen-bond acceptors (Lipinski definition) is 6. The zero-order valence-electron chi connectivity index (χ0n) is 12.5. The molecule has 3 atom stereocenters. The van der Waals surface area contributed by atoms with E-state index in [0.29, 0.717) is 6.42 Å². The Balaban J connectivity index is 2.51. The van der Waals surface area contributed by atoms with E-state index in [4.69, 9.17) is 14.2 Å². The predicted octanol–water partition coefficient (Wildman–Crippen LogP) is 1.09. The topological polar surface area (TPSA) is 78.9 Å². The van der Waals surface area contributed by atoms with Gasteiger partial charge in [0.2, 0.25) is 0 Å². The van der Waals surface area contributed by atoms with Gasteiger partial charge in [0.05, 0.1) is 26.2 Å². The maximum Gasteiger partial charge on any atom is 0.325 e. The Morgan fingerprint density at radius 2 is 1.67 bits per heavy atom. The van der Waals surface area contributed by atoms with Crippen LogP contribution >= 0.6 is 0 Å². The van der Waals surface area contributed by atoms with Crippen LogP contribution in [0.25, 0.3) is 0 Å². The van der Waals surface area contributed by atoms with E-state index >= 15 is 0 Å². The summed E-state index contributed by atoms with van der Waals surface area (Å²) in [7, 11) is 1.25. The Kier molecular flexibility index (Phi) is 4.34. The second-order valence-corrected chi connectivity index (χ2v) is 5.20. The molecule has 0 heterocycles. The maximum atomic E-state index is 12.5. The van der Waals surface area contributed by atoms with Crippen molar-refractivity contribution in [2.45, 2.75) is 20.3 Å². The molecular formula is C15H20O6. The van der Waals surface area contributed by atoms with Crippen LogP contribution in [0.1, 0.15) is 20.3 Å². The molecule has 1 saturated carbocycles. The normalized spacial score (nSPS) is 28.2. The lowest BCUT2D eigenvalue weighted by molar-refractivity contribution is -0.184. The summed E-state index contributed by atoms with van der Waals surface area (Å²) in [5.41, 5.74) is -1.61. The fourth-order valence-electron chi connectivity index (χ4n) is 3.51. The number of fused-ring (bicyclic) bond motifs is 2. The van der Waals surface area contributed by atoms with Crippen LogP contribution < -0.4 is 0 Å². The summed E-state index contributed by atoms with van der Waals surface area (Å²) in [6, 6.07) is 0. The van der Waals surface area contributed by atoms with Crippen molar-refractivity contribution >= 4 is 17.9 Å². The van der Waals surface area contributed by atoms with Crippen LogP contribution in [-0.2, 0) is 28.6 Å². The second-order valence-electron chi connectivity index (χ2n) is 5.20. The number of methoxy groups -OCH3 is 1. The fraction of sp³-hybridized carbons (Fsp3) is 0.667. The highest BCUT2D eigenvalue weighted by Crippen LogP contribution is 2.58. The molecule has 116 valence electrons. The molecule has 0 unspecified atom stereocenters. The lowest BCUT2D eigenvalue weighted by Gasteiger charge is -2.35. The van der Waals surface area contributed by atoms with Crippen molar-refractivity contribution in [3.8, 4) is 0 Å². The monoisotopic (exact) mass is 296 g/mol. The first-order chi connectivity index (χ1) is 10.0. The Labute approximate surface area is 123 Å². The van der Waals surface area contributed by atoms with Crippen molar-refractivity contribution < 1.29 is 28.6 Å². The average Bonchev–Trinajstić information content (AvgIpc) is 3.06. The van der Waals surface area contributed by atoms with Gasteiger partial charge in [-0.3, -0.25) is 14.4 Å². The first-order valence-electron chi connectivity index (χ1n) is 7.14. The minimum Gasteiger partial charge on any atom is -0.469 e. The number of hydrogen-bond donors (Lipinski definition) is 0. The van der Waals surface area contributed by atoms with Gasteiger partial charge >= 0.3 is 17.9 Å². The van der Waals surface area contributed by atoms with Crippen molar-refractivity contribution in [2.24, 2.45) is 23.2 Å². The summed E-state index contributed by atoms with van der Waals surface area (Å²) >= 11 is 0. The van der Waals surface area contributed by atoms with Gasteiger partial charge in [0.15, 0.2) is 5.41 Å². The smallest absolute Gasteiger partial charge is 0.325 e. The lowest BCUT2D eigenvalue weighted by Crippen LogP contribution is -2.53. The molecule has 0 aliphatic heterocycles.